The van der Waals surface area contributed by atoms with E-state index in [9.17, 15) is 26.4 Å². The minimum absolute atomic E-state index is 0.0501. The number of carbonyl (C=O) groups excluding carboxylic acids is 1. The van der Waals surface area contributed by atoms with E-state index in [0.29, 0.717) is 23.1 Å². The lowest BCUT2D eigenvalue weighted by molar-refractivity contribution is -0.140. The molecule has 2 fully saturated rings. The molecule has 2 aliphatic rings. The summed E-state index contributed by atoms with van der Waals surface area (Å²) in [4.78, 5) is 13.3. The van der Waals surface area contributed by atoms with E-state index >= 15 is 0 Å². The van der Waals surface area contributed by atoms with Crippen LogP contribution in [0.25, 0.3) is 10.9 Å². The van der Waals surface area contributed by atoms with Crippen LogP contribution in [-0.4, -0.2) is 82.3 Å². The smallest absolute Gasteiger partial charge is 0.495 e. The Morgan fingerprint density at radius 3 is 2.57 bits per heavy atom. The fraction of sp³-hybridized carbons (Fsp3) is 0.414. The van der Waals surface area contributed by atoms with Crippen LogP contribution in [0.5, 0.6) is 5.75 Å². The molecule has 2 aliphatic heterocycles. The molecule has 1 atom stereocenters. The van der Waals surface area contributed by atoms with Crippen LogP contribution in [0.3, 0.4) is 0 Å². The molecule has 3 heterocycles. The molecule has 1 aromatic heterocycles. The molecule has 0 bridgehead atoms. The number of cyclic esters (lactones) is 2. The summed E-state index contributed by atoms with van der Waals surface area (Å²) < 4.78 is 80.4. The third-order valence-corrected chi connectivity index (χ3v) is 8.34. The minimum Gasteiger partial charge on any atom is -0.495 e. The van der Waals surface area contributed by atoms with Crippen LogP contribution in [0, 0.1) is 11.8 Å². The minimum atomic E-state index is -4.46. The van der Waals surface area contributed by atoms with Crippen LogP contribution in [0.15, 0.2) is 47.4 Å². The quantitative estimate of drug-likeness (QED) is 0.237. The topological polar surface area (TPSA) is 137 Å². The first kappa shape index (κ1) is 31.3. The Labute approximate surface area is 252 Å². The molecule has 4 N–H and O–H groups in total. The summed E-state index contributed by atoms with van der Waals surface area (Å²) in [6.07, 6.45) is -3.77. The number of benzene rings is 2. The van der Waals surface area contributed by atoms with Crippen LogP contribution in [-0.2, 0) is 26.0 Å². The number of hydrogen-bond acceptors (Lipinski definition) is 9. The van der Waals surface area contributed by atoms with E-state index in [2.05, 4.69) is 27.4 Å². The molecule has 5 rings (SSSR count). The van der Waals surface area contributed by atoms with Crippen LogP contribution in [0.2, 0.25) is 0 Å². The number of aromatic nitrogens is 1. The number of nitrogens with one attached hydrogen (secondary N) is 2. The highest BCUT2D eigenvalue weighted by Gasteiger charge is 2.31. The first-order valence-corrected chi connectivity index (χ1v) is 15.4. The number of hydrogen-bond donors (Lipinski definition) is 3. The summed E-state index contributed by atoms with van der Waals surface area (Å²) in [5.74, 6) is 5.94. The first-order chi connectivity index (χ1) is 20.9. The van der Waals surface area contributed by atoms with Gasteiger partial charge in [0.25, 0.3) is 0 Å². The van der Waals surface area contributed by atoms with Gasteiger partial charge >= 0.3 is 12.3 Å². The Hall–Kier alpha value is -4.13. The van der Waals surface area contributed by atoms with E-state index in [4.69, 9.17) is 19.3 Å². The number of anilines is 2. The highest BCUT2D eigenvalue weighted by atomic mass is 32.2. The largest absolute Gasteiger partial charge is 0.508 e. The van der Waals surface area contributed by atoms with Gasteiger partial charge in [-0.2, -0.15) is 13.2 Å². The number of methoxy groups -OCH3 is 1. The first-order valence-electron chi connectivity index (χ1n) is 13.8. The molecule has 11 nitrogen and oxygen atoms in total. The molecule has 0 saturated carbocycles. The molecular formula is C29H32F3N5O6S. The van der Waals surface area contributed by atoms with Crippen molar-refractivity contribution in [3.8, 4) is 17.6 Å². The Bertz CT molecular complexity index is 1690. The van der Waals surface area contributed by atoms with Gasteiger partial charge in [0, 0.05) is 42.8 Å². The summed E-state index contributed by atoms with van der Waals surface area (Å²) in [6.45, 7) is 1.24. The molecule has 0 radical (unpaired) electrons. The number of piperidine rings is 1. The van der Waals surface area contributed by atoms with Crippen molar-refractivity contribution in [2.75, 3.05) is 50.5 Å². The average molecular weight is 636 g/mol. The monoisotopic (exact) mass is 635 g/mol. The van der Waals surface area contributed by atoms with Crippen LogP contribution in [0.4, 0.5) is 29.3 Å². The number of nitrogens with zero attached hydrogens (tertiary/aromatic N) is 2. The van der Waals surface area contributed by atoms with Crippen LogP contribution < -0.4 is 20.5 Å². The summed E-state index contributed by atoms with van der Waals surface area (Å²) in [5.41, 5.74) is 1.78. The molecule has 15 heteroatoms. The van der Waals surface area contributed by atoms with Crippen molar-refractivity contribution in [2.45, 2.75) is 42.6 Å². The number of primary sulfonamides is 1. The van der Waals surface area contributed by atoms with Crippen LogP contribution in [0.1, 0.15) is 18.5 Å². The van der Waals surface area contributed by atoms with Gasteiger partial charge in [0.1, 0.15) is 18.9 Å². The second-order valence-corrected chi connectivity index (χ2v) is 12.1. The number of alkyl halides is 3. The van der Waals surface area contributed by atoms with Gasteiger partial charge in [-0.15, -0.1) is 0 Å². The van der Waals surface area contributed by atoms with Gasteiger partial charge in [0.2, 0.25) is 10.0 Å². The van der Waals surface area contributed by atoms with E-state index in [1.165, 1.54) is 25.3 Å². The van der Waals surface area contributed by atoms with E-state index in [1.54, 1.807) is 18.2 Å². The second kappa shape index (κ2) is 12.8. The molecule has 0 spiro atoms. The van der Waals surface area contributed by atoms with Crippen molar-refractivity contribution in [1.29, 1.82) is 0 Å². The van der Waals surface area contributed by atoms with Crippen molar-refractivity contribution in [3.63, 3.8) is 0 Å². The number of likely N-dealkylation sites (tertiary alicyclic amines) is 1. The molecule has 0 unspecified atom stereocenters. The Balaban J connectivity index is 1.30. The normalized spacial score (nSPS) is 17.9. The lowest BCUT2D eigenvalue weighted by Gasteiger charge is -2.33. The van der Waals surface area contributed by atoms with Gasteiger partial charge in [-0.3, -0.25) is 4.90 Å². The SMILES string of the molecule is COc1cc(S(N)(=O)=O)ccc1NCC#Cc1cc2c(NC3CCN(C[C@H]4COC(=O)O4)CC3)cccc2n1CC(F)(F)F. The Morgan fingerprint density at radius 1 is 1.14 bits per heavy atom. The molecule has 0 aliphatic carbocycles. The van der Waals surface area contributed by atoms with Crippen molar-refractivity contribution < 1.29 is 40.6 Å². The molecule has 2 saturated heterocycles. The van der Waals surface area contributed by atoms with Crippen molar-refractivity contribution in [2.24, 2.45) is 5.14 Å². The number of fused-ring (bicyclic) bond motifs is 1. The summed E-state index contributed by atoms with van der Waals surface area (Å²) in [5, 5.41) is 12.3. The zero-order valence-corrected chi connectivity index (χ0v) is 24.6. The highest BCUT2D eigenvalue weighted by molar-refractivity contribution is 7.89. The second-order valence-electron chi connectivity index (χ2n) is 10.6. The lowest BCUT2D eigenvalue weighted by atomic mass is 10.0. The maximum absolute atomic E-state index is 13.6. The predicted octanol–water partition coefficient (Wildman–Crippen LogP) is 3.73. The van der Waals surface area contributed by atoms with Gasteiger partial charge in [0.15, 0.2) is 6.10 Å². The fourth-order valence-corrected chi connectivity index (χ4v) is 5.88. The van der Waals surface area contributed by atoms with Gasteiger partial charge < -0.3 is 29.4 Å². The molecule has 3 aromatic rings. The number of sulfonamides is 1. The van der Waals surface area contributed by atoms with Crippen molar-refractivity contribution >= 4 is 38.5 Å². The lowest BCUT2D eigenvalue weighted by Crippen LogP contribution is -2.43. The molecule has 236 valence electrons. The number of nitrogens with two attached hydrogens (primary N) is 1. The van der Waals surface area contributed by atoms with E-state index in [0.717, 1.165) is 36.2 Å². The van der Waals surface area contributed by atoms with Gasteiger partial charge in [-0.05, 0) is 49.1 Å². The molecule has 0 amide bonds. The third kappa shape index (κ3) is 7.68. The van der Waals surface area contributed by atoms with E-state index in [-0.39, 0.29) is 41.6 Å². The Morgan fingerprint density at radius 2 is 1.91 bits per heavy atom. The standard InChI is InChI=1S/C29H32F3N5O6S/c1-41-27-15-22(44(33,39)40)7-8-25(27)34-11-3-4-20-14-23-24(5-2-6-26(23)37(20)18-29(30,31)32)35-19-9-12-36(13-10-19)16-21-17-42-28(38)43-21/h2,5-8,14-15,19,21,34-35H,9-13,16-18H2,1H3,(H2,33,39,40)/t21-/m0/s1. The van der Waals surface area contributed by atoms with Gasteiger partial charge in [-0.25, -0.2) is 18.4 Å². The maximum Gasteiger partial charge on any atom is 0.508 e. The number of rotatable bonds is 9. The average Bonchev–Trinajstić information content (AvgIpc) is 3.53. The van der Waals surface area contributed by atoms with Crippen LogP contribution >= 0.6 is 0 Å². The highest BCUT2D eigenvalue weighted by Crippen LogP contribution is 2.32. The summed E-state index contributed by atoms with van der Waals surface area (Å²) >= 11 is 0. The number of halogens is 3. The fourth-order valence-electron chi connectivity index (χ4n) is 5.36. The predicted molar refractivity (Wildman–Crippen MR) is 157 cm³/mol. The summed E-state index contributed by atoms with van der Waals surface area (Å²) in [6, 6.07) is 11.0. The Kier molecular flexibility index (Phi) is 9.14. The van der Waals surface area contributed by atoms with Crippen molar-refractivity contribution in [3.05, 3.63) is 48.2 Å². The van der Waals surface area contributed by atoms with E-state index < -0.39 is 28.9 Å². The number of carbonyl (C=O) groups is 1. The zero-order chi connectivity index (χ0) is 31.5. The van der Waals surface area contributed by atoms with Gasteiger partial charge in [0.05, 0.1) is 35.4 Å². The molecule has 2 aromatic carbocycles. The maximum atomic E-state index is 13.6. The third-order valence-electron chi connectivity index (χ3n) is 7.43. The van der Waals surface area contributed by atoms with Crippen molar-refractivity contribution in [1.82, 2.24) is 9.47 Å². The summed E-state index contributed by atoms with van der Waals surface area (Å²) in [7, 11) is -2.56. The molecule has 44 heavy (non-hydrogen) atoms. The van der Waals surface area contributed by atoms with E-state index in [1.807, 2.05) is 6.07 Å². The number of ether oxygens (including phenoxy) is 3. The van der Waals surface area contributed by atoms with Gasteiger partial charge in [-0.1, -0.05) is 12.0 Å². The molecular weight excluding hydrogens is 603 g/mol. The zero-order valence-electron chi connectivity index (χ0n) is 23.8.